The quantitative estimate of drug-likeness (QED) is 0.773. The Balaban J connectivity index is 1.31. The van der Waals surface area contributed by atoms with Gasteiger partial charge in [-0.1, -0.05) is 18.2 Å². The molecule has 158 valence electrons. The number of aliphatic hydroxyl groups excluding tert-OH is 1. The van der Waals surface area contributed by atoms with Crippen molar-refractivity contribution in [1.29, 1.82) is 0 Å². The van der Waals surface area contributed by atoms with Gasteiger partial charge in [0.25, 0.3) is 0 Å². The van der Waals surface area contributed by atoms with E-state index in [1.165, 1.54) is 18.9 Å². The van der Waals surface area contributed by atoms with E-state index in [0.29, 0.717) is 12.6 Å². The van der Waals surface area contributed by atoms with E-state index in [0.717, 1.165) is 57.0 Å². The van der Waals surface area contributed by atoms with Crippen LogP contribution in [0.1, 0.15) is 30.6 Å². The number of aliphatic hydroxyl groups is 1. The number of hydrogen-bond acceptors (Lipinski definition) is 5. The standard InChI is InChI=1S/C23H32FN3O2/c24-23-6-2-1-4-19(23)16-26-12-13-27(17-21(26)9-14-28)20-7-10-25(11-8-20)18-22-5-3-15-29-22/h1-6,15,20-21,28H,7-14,16-18H2. The number of benzene rings is 1. The third-order valence-electron chi connectivity index (χ3n) is 6.46. The maximum absolute atomic E-state index is 14.1. The number of nitrogens with zero attached hydrogens (tertiary/aromatic N) is 3. The van der Waals surface area contributed by atoms with Crippen LogP contribution in [0, 0.1) is 5.82 Å². The molecule has 4 rings (SSSR count). The van der Waals surface area contributed by atoms with Gasteiger partial charge in [-0.05, 0) is 37.5 Å². The summed E-state index contributed by atoms with van der Waals surface area (Å²) in [6, 6.07) is 11.9. The molecule has 29 heavy (non-hydrogen) atoms. The molecule has 1 aromatic carbocycles. The van der Waals surface area contributed by atoms with Crippen LogP contribution in [0.15, 0.2) is 47.1 Å². The van der Waals surface area contributed by atoms with Crippen LogP contribution in [0.25, 0.3) is 0 Å². The zero-order valence-electron chi connectivity index (χ0n) is 17.0. The molecule has 0 saturated carbocycles. The number of halogens is 1. The number of hydrogen-bond donors (Lipinski definition) is 1. The van der Waals surface area contributed by atoms with Crippen molar-refractivity contribution >= 4 is 0 Å². The van der Waals surface area contributed by atoms with Gasteiger partial charge in [0.2, 0.25) is 0 Å². The van der Waals surface area contributed by atoms with Crippen LogP contribution >= 0.6 is 0 Å². The minimum absolute atomic E-state index is 0.137. The zero-order valence-corrected chi connectivity index (χ0v) is 17.0. The van der Waals surface area contributed by atoms with Gasteiger partial charge in [-0.15, -0.1) is 0 Å². The molecular formula is C23H32FN3O2. The monoisotopic (exact) mass is 401 g/mol. The van der Waals surface area contributed by atoms with Crippen molar-refractivity contribution in [1.82, 2.24) is 14.7 Å². The molecule has 0 radical (unpaired) electrons. The molecule has 0 amide bonds. The molecule has 0 bridgehead atoms. The van der Waals surface area contributed by atoms with Gasteiger partial charge in [0.1, 0.15) is 11.6 Å². The second kappa shape index (κ2) is 9.85. The lowest BCUT2D eigenvalue weighted by atomic mass is 9.99. The molecule has 2 aromatic rings. The predicted octanol–water partition coefficient (Wildman–Crippen LogP) is 2.95. The number of likely N-dealkylation sites (tertiary alicyclic amines) is 1. The zero-order chi connectivity index (χ0) is 20.1. The van der Waals surface area contributed by atoms with Crippen LogP contribution in [0.4, 0.5) is 4.39 Å². The number of rotatable bonds is 7. The predicted molar refractivity (Wildman–Crippen MR) is 111 cm³/mol. The average molecular weight is 402 g/mol. The lowest BCUT2D eigenvalue weighted by Gasteiger charge is -2.46. The molecule has 5 nitrogen and oxygen atoms in total. The Hall–Kier alpha value is -1.73. The van der Waals surface area contributed by atoms with Gasteiger partial charge in [-0.3, -0.25) is 14.7 Å². The Morgan fingerprint density at radius 1 is 1.00 bits per heavy atom. The first-order chi connectivity index (χ1) is 14.2. The molecule has 6 heteroatoms. The summed E-state index contributed by atoms with van der Waals surface area (Å²) in [5.74, 6) is 0.898. The van der Waals surface area contributed by atoms with Crippen molar-refractivity contribution in [3.63, 3.8) is 0 Å². The van der Waals surface area contributed by atoms with Crippen molar-refractivity contribution in [2.75, 3.05) is 39.3 Å². The van der Waals surface area contributed by atoms with Crippen molar-refractivity contribution in [2.24, 2.45) is 0 Å². The van der Waals surface area contributed by atoms with Crippen LogP contribution in [-0.4, -0.2) is 71.2 Å². The topological polar surface area (TPSA) is 43.1 Å². The summed E-state index contributed by atoms with van der Waals surface area (Å²) < 4.78 is 19.6. The summed E-state index contributed by atoms with van der Waals surface area (Å²) in [5, 5.41) is 9.58. The van der Waals surface area contributed by atoms with Gasteiger partial charge in [0.05, 0.1) is 12.8 Å². The Bertz CT molecular complexity index is 746. The molecule has 1 unspecified atom stereocenters. The lowest BCUT2D eigenvalue weighted by molar-refractivity contribution is 0.0113. The van der Waals surface area contributed by atoms with E-state index in [2.05, 4.69) is 14.7 Å². The Morgan fingerprint density at radius 2 is 1.83 bits per heavy atom. The Kier molecular flexibility index (Phi) is 6.98. The molecule has 1 atom stereocenters. The second-order valence-corrected chi connectivity index (χ2v) is 8.31. The summed E-state index contributed by atoms with van der Waals surface area (Å²) in [6.07, 6.45) is 4.81. The summed E-state index contributed by atoms with van der Waals surface area (Å²) in [4.78, 5) is 7.41. The maximum atomic E-state index is 14.1. The minimum atomic E-state index is -0.137. The third kappa shape index (κ3) is 5.25. The van der Waals surface area contributed by atoms with E-state index in [1.54, 1.807) is 12.3 Å². The third-order valence-corrected chi connectivity index (χ3v) is 6.46. The second-order valence-electron chi connectivity index (χ2n) is 8.31. The fraction of sp³-hybridized carbons (Fsp3) is 0.565. The lowest BCUT2D eigenvalue weighted by Crippen LogP contribution is -2.57. The molecule has 2 aliphatic rings. The first-order valence-corrected chi connectivity index (χ1v) is 10.8. The molecule has 2 saturated heterocycles. The number of piperidine rings is 1. The molecular weight excluding hydrogens is 369 g/mol. The molecule has 2 aliphatic heterocycles. The van der Waals surface area contributed by atoms with E-state index >= 15 is 0 Å². The van der Waals surface area contributed by atoms with Crippen molar-refractivity contribution in [3.8, 4) is 0 Å². The van der Waals surface area contributed by atoms with E-state index in [1.807, 2.05) is 24.3 Å². The first kappa shape index (κ1) is 20.5. The van der Waals surface area contributed by atoms with Gasteiger partial charge in [-0.2, -0.15) is 0 Å². The van der Waals surface area contributed by atoms with Gasteiger partial charge < -0.3 is 9.52 Å². The smallest absolute Gasteiger partial charge is 0.127 e. The van der Waals surface area contributed by atoms with Crippen molar-refractivity contribution in [2.45, 2.75) is 44.4 Å². The van der Waals surface area contributed by atoms with Gasteiger partial charge >= 0.3 is 0 Å². The summed E-state index contributed by atoms with van der Waals surface area (Å²) in [7, 11) is 0. The van der Waals surface area contributed by atoms with Crippen LogP contribution in [0.3, 0.4) is 0 Å². The van der Waals surface area contributed by atoms with Crippen molar-refractivity contribution < 1.29 is 13.9 Å². The molecule has 3 heterocycles. The van der Waals surface area contributed by atoms with E-state index in [9.17, 15) is 9.50 Å². The molecule has 0 spiro atoms. The highest BCUT2D eigenvalue weighted by atomic mass is 19.1. The minimum Gasteiger partial charge on any atom is -0.468 e. The van der Waals surface area contributed by atoms with Crippen LogP contribution in [-0.2, 0) is 13.1 Å². The fourth-order valence-corrected chi connectivity index (χ4v) is 4.79. The largest absolute Gasteiger partial charge is 0.468 e. The van der Waals surface area contributed by atoms with Gasteiger partial charge in [-0.25, -0.2) is 4.39 Å². The van der Waals surface area contributed by atoms with Crippen LogP contribution < -0.4 is 0 Å². The number of piperazine rings is 1. The van der Waals surface area contributed by atoms with Crippen LogP contribution in [0.5, 0.6) is 0 Å². The Labute approximate surface area is 172 Å². The van der Waals surface area contributed by atoms with E-state index < -0.39 is 0 Å². The van der Waals surface area contributed by atoms with E-state index in [-0.39, 0.29) is 18.5 Å². The van der Waals surface area contributed by atoms with Crippen LogP contribution in [0.2, 0.25) is 0 Å². The molecule has 1 N–H and O–H groups in total. The molecule has 2 fully saturated rings. The first-order valence-electron chi connectivity index (χ1n) is 10.8. The average Bonchev–Trinajstić information content (AvgIpc) is 3.25. The molecule has 0 aliphatic carbocycles. The maximum Gasteiger partial charge on any atom is 0.127 e. The fourth-order valence-electron chi connectivity index (χ4n) is 4.79. The normalized spacial score (nSPS) is 22.9. The van der Waals surface area contributed by atoms with Gasteiger partial charge in [0.15, 0.2) is 0 Å². The van der Waals surface area contributed by atoms with Crippen molar-refractivity contribution in [3.05, 3.63) is 59.8 Å². The summed E-state index contributed by atoms with van der Waals surface area (Å²) in [5.41, 5.74) is 0.745. The van der Waals surface area contributed by atoms with E-state index in [4.69, 9.17) is 4.42 Å². The number of furan rings is 1. The van der Waals surface area contributed by atoms with Gasteiger partial charge in [0, 0.05) is 63.5 Å². The highest BCUT2D eigenvalue weighted by Gasteiger charge is 2.32. The summed E-state index contributed by atoms with van der Waals surface area (Å²) >= 11 is 0. The SMILES string of the molecule is OCCC1CN(C2CCN(Cc3ccco3)CC2)CCN1Cc1ccccc1F. The highest BCUT2D eigenvalue weighted by molar-refractivity contribution is 5.17. The summed E-state index contributed by atoms with van der Waals surface area (Å²) in [6.45, 7) is 6.75. The molecule has 1 aromatic heterocycles. The Morgan fingerprint density at radius 3 is 2.55 bits per heavy atom. The highest BCUT2D eigenvalue weighted by Crippen LogP contribution is 2.24.